The topological polar surface area (TPSA) is 73.2 Å². The first-order chi connectivity index (χ1) is 10.1. The minimum absolute atomic E-state index is 0.145. The van der Waals surface area contributed by atoms with Gasteiger partial charge in [-0.05, 0) is 31.0 Å². The van der Waals surface area contributed by atoms with Gasteiger partial charge in [0.05, 0.1) is 18.2 Å². The minimum atomic E-state index is -0.791. The fourth-order valence-corrected chi connectivity index (χ4v) is 3.07. The van der Waals surface area contributed by atoms with E-state index in [-0.39, 0.29) is 18.0 Å². The number of rotatable bonds is 2. The van der Waals surface area contributed by atoms with E-state index in [1.165, 1.54) is 18.2 Å². The lowest BCUT2D eigenvalue weighted by Crippen LogP contribution is -2.44. The third-order valence-corrected chi connectivity index (χ3v) is 4.21. The van der Waals surface area contributed by atoms with Crippen LogP contribution in [0.4, 0.5) is 9.18 Å². The molecule has 2 aliphatic rings. The van der Waals surface area contributed by atoms with Crippen molar-refractivity contribution in [3.05, 3.63) is 35.1 Å². The van der Waals surface area contributed by atoms with Crippen LogP contribution < -0.4 is 5.32 Å². The van der Waals surface area contributed by atoms with E-state index in [1.54, 1.807) is 0 Å². The Hall–Kier alpha value is -2.42. The molecule has 108 valence electrons. The first-order valence-corrected chi connectivity index (χ1v) is 6.88. The second kappa shape index (κ2) is 4.85. The van der Waals surface area contributed by atoms with Gasteiger partial charge in [-0.15, -0.1) is 0 Å². The molecule has 3 amide bonds. The average Bonchev–Trinajstić information content (AvgIpc) is 3.02. The van der Waals surface area contributed by atoms with Crippen LogP contribution in [0, 0.1) is 17.1 Å². The Labute approximate surface area is 121 Å². The van der Waals surface area contributed by atoms with Crippen LogP contribution in [0.1, 0.15) is 36.8 Å². The number of carbonyl (C=O) groups is 2. The summed E-state index contributed by atoms with van der Waals surface area (Å²) in [6.45, 7) is -0.145. The molecule has 1 heterocycles. The number of hydrogen-bond acceptors (Lipinski definition) is 3. The molecule has 0 aromatic heterocycles. The van der Waals surface area contributed by atoms with Crippen LogP contribution in [0.25, 0.3) is 0 Å². The molecule has 0 radical (unpaired) electrons. The summed E-state index contributed by atoms with van der Waals surface area (Å²) in [6, 6.07) is 5.35. The van der Waals surface area contributed by atoms with Crippen molar-refractivity contribution in [3.63, 3.8) is 0 Å². The second-order valence-electron chi connectivity index (χ2n) is 5.53. The van der Waals surface area contributed by atoms with Crippen molar-refractivity contribution >= 4 is 11.9 Å². The largest absolute Gasteiger partial charge is 0.325 e. The Morgan fingerprint density at radius 2 is 2.05 bits per heavy atom. The molecule has 6 heteroatoms. The van der Waals surface area contributed by atoms with Gasteiger partial charge in [-0.2, -0.15) is 5.26 Å². The summed E-state index contributed by atoms with van der Waals surface area (Å²) in [5.41, 5.74) is -0.318. The number of benzene rings is 1. The summed E-state index contributed by atoms with van der Waals surface area (Å²) in [5.74, 6) is -0.811. The number of nitrogens with zero attached hydrogens (tertiary/aromatic N) is 2. The van der Waals surface area contributed by atoms with Crippen LogP contribution in [-0.4, -0.2) is 22.4 Å². The maximum absolute atomic E-state index is 13.8. The number of urea groups is 1. The second-order valence-corrected chi connectivity index (χ2v) is 5.53. The molecule has 1 aliphatic carbocycles. The number of carbonyl (C=O) groups excluding carboxylic acids is 2. The van der Waals surface area contributed by atoms with Crippen molar-refractivity contribution < 1.29 is 14.0 Å². The van der Waals surface area contributed by atoms with E-state index in [1.807, 2.05) is 6.07 Å². The van der Waals surface area contributed by atoms with Crippen molar-refractivity contribution in [2.45, 2.75) is 37.8 Å². The van der Waals surface area contributed by atoms with Gasteiger partial charge < -0.3 is 5.32 Å². The SMILES string of the molecule is N#Cc1ccc(F)c(CN2C(=O)NC3(CCCC3)C2=O)c1. The van der Waals surface area contributed by atoms with Crippen LogP contribution >= 0.6 is 0 Å². The highest BCUT2D eigenvalue weighted by Gasteiger charge is 2.52. The summed E-state index contributed by atoms with van der Waals surface area (Å²) < 4.78 is 13.8. The van der Waals surface area contributed by atoms with Gasteiger partial charge in [-0.3, -0.25) is 9.69 Å². The van der Waals surface area contributed by atoms with E-state index in [0.29, 0.717) is 18.4 Å². The lowest BCUT2D eigenvalue weighted by Gasteiger charge is -2.20. The van der Waals surface area contributed by atoms with E-state index in [2.05, 4.69) is 5.32 Å². The standard InChI is InChI=1S/C15H14FN3O2/c16-12-4-3-10(8-17)7-11(12)9-19-13(20)15(18-14(19)21)5-1-2-6-15/h3-4,7H,1-2,5-6,9H2,(H,18,21). The first-order valence-electron chi connectivity index (χ1n) is 6.88. The Morgan fingerprint density at radius 1 is 1.33 bits per heavy atom. The highest BCUT2D eigenvalue weighted by molar-refractivity contribution is 6.07. The van der Waals surface area contributed by atoms with E-state index in [4.69, 9.17) is 5.26 Å². The lowest BCUT2D eigenvalue weighted by atomic mass is 9.98. The number of nitriles is 1. The van der Waals surface area contributed by atoms with Gasteiger partial charge in [0.2, 0.25) is 0 Å². The zero-order chi connectivity index (χ0) is 15.0. The quantitative estimate of drug-likeness (QED) is 0.846. The number of hydrogen-bond donors (Lipinski definition) is 1. The normalized spacial score (nSPS) is 19.9. The third kappa shape index (κ3) is 2.15. The summed E-state index contributed by atoms with van der Waals surface area (Å²) in [5, 5.41) is 11.6. The van der Waals surface area contributed by atoms with Crippen LogP contribution in [0.5, 0.6) is 0 Å². The van der Waals surface area contributed by atoms with Crippen LogP contribution in [-0.2, 0) is 11.3 Å². The molecule has 5 nitrogen and oxygen atoms in total. The van der Waals surface area contributed by atoms with Crippen molar-refractivity contribution in [3.8, 4) is 6.07 Å². The smallest absolute Gasteiger partial charge is 0.323 e. The molecular weight excluding hydrogens is 273 g/mol. The van der Waals surface area contributed by atoms with Gasteiger partial charge in [-0.25, -0.2) is 9.18 Å². The maximum Gasteiger partial charge on any atom is 0.325 e. The molecule has 1 saturated heterocycles. The van der Waals surface area contributed by atoms with E-state index < -0.39 is 17.4 Å². The van der Waals surface area contributed by atoms with Gasteiger partial charge in [-0.1, -0.05) is 12.8 Å². The van der Waals surface area contributed by atoms with Gasteiger partial charge >= 0.3 is 6.03 Å². The summed E-state index contributed by atoms with van der Waals surface area (Å²) in [7, 11) is 0. The lowest BCUT2D eigenvalue weighted by molar-refractivity contribution is -0.131. The summed E-state index contributed by atoms with van der Waals surface area (Å²) in [4.78, 5) is 25.5. The number of nitrogens with one attached hydrogen (secondary N) is 1. The highest BCUT2D eigenvalue weighted by atomic mass is 19.1. The fraction of sp³-hybridized carbons (Fsp3) is 0.400. The van der Waals surface area contributed by atoms with Gasteiger partial charge in [0, 0.05) is 5.56 Å². The van der Waals surface area contributed by atoms with Crippen molar-refractivity contribution in [2.24, 2.45) is 0 Å². The van der Waals surface area contributed by atoms with E-state index >= 15 is 0 Å². The molecule has 2 fully saturated rings. The molecule has 1 aromatic rings. The van der Waals surface area contributed by atoms with Crippen LogP contribution in [0.15, 0.2) is 18.2 Å². The molecule has 1 N–H and O–H groups in total. The molecule has 3 rings (SSSR count). The third-order valence-electron chi connectivity index (χ3n) is 4.21. The number of imide groups is 1. The highest BCUT2D eigenvalue weighted by Crippen LogP contribution is 2.35. The van der Waals surface area contributed by atoms with Crippen molar-refractivity contribution in [1.82, 2.24) is 10.2 Å². The molecule has 0 unspecified atom stereocenters. The Bertz CT molecular complexity index is 659. The predicted octanol–water partition coefficient (Wildman–Crippen LogP) is 2.06. The molecule has 21 heavy (non-hydrogen) atoms. The molecule has 1 aromatic carbocycles. The molecular formula is C15H14FN3O2. The van der Waals surface area contributed by atoms with Crippen molar-refractivity contribution in [2.75, 3.05) is 0 Å². The molecule has 1 aliphatic heterocycles. The summed E-state index contributed by atoms with van der Waals surface area (Å²) >= 11 is 0. The molecule has 0 atom stereocenters. The summed E-state index contributed by atoms with van der Waals surface area (Å²) in [6.07, 6.45) is 3.07. The van der Waals surface area contributed by atoms with Gasteiger partial charge in [0.1, 0.15) is 11.4 Å². The Balaban J connectivity index is 1.87. The van der Waals surface area contributed by atoms with Gasteiger partial charge in [0.25, 0.3) is 5.91 Å². The number of halogens is 1. The van der Waals surface area contributed by atoms with Crippen molar-refractivity contribution in [1.29, 1.82) is 5.26 Å². The zero-order valence-electron chi connectivity index (χ0n) is 11.4. The monoisotopic (exact) mass is 287 g/mol. The fourth-order valence-electron chi connectivity index (χ4n) is 3.07. The predicted molar refractivity (Wildman–Crippen MR) is 71.4 cm³/mol. The zero-order valence-corrected chi connectivity index (χ0v) is 11.4. The van der Waals surface area contributed by atoms with E-state index in [9.17, 15) is 14.0 Å². The number of amides is 3. The van der Waals surface area contributed by atoms with Crippen LogP contribution in [0.2, 0.25) is 0 Å². The van der Waals surface area contributed by atoms with Gasteiger partial charge in [0.15, 0.2) is 0 Å². The first kappa shape index (κ1) is 13.6. The average molecular weight is 287 g/mol. The Morgan fingerprint density at radius 3 is 2.71 bits per heavy atom. The molecule has 1 saturated carbocycles. The molecule has 0 bridgehead atoms. The molecule has 1 spiro atoms. The van der Waals surface area contributed by atoms with Crippen LogP contribution in [0.3, 0.4) is 0 Å². The Kier molecular flexibility index (Phi) is 3.13. The maximum atomic E-state index is 13.8. The minimum Gasteiger partial charge on any atom is -0.323 e. The van der Waals surface area contributed by atoms with E-state index in [0.717, 1.165) is 17.7 Å².